The van der Waals surface area contributed by atoms with Crippen LogP contribution in [0.25, 0.3) is 0 Å². The van der Waals surface area contributed by atoms with E-state index in [1.54, 1.807) is 6.92 Å². The lowest BCUT2D eigenvalue weighted by molar-refractivity contribution is -0.116. The van der Waals surface area contributed by atoms with Crippen LogP contribution in [0.5, 0.6) is 0 Å². The molecule has 1 aromatic heterocycles. The third kappa shape index (κ3) is 4.82. The molecule has 0 fully saturated rings. The molecule has 1 heterocycles. The van der Waals surface area contributed by atoms with Crippen molar-refractivity contribution in [2.75, 3.05) is 11.9 Å². The number of esters is 1. The summed E-state index contributed by atoms with van der Waals surface area (Å²) < 4.78 is 10.0. The second kappa shape index (κ2) is 8.80. The molecule has 0 aliphatic carbocycles. The maximum absolute atomic E-state index is 12.5. The third-order valence-electron chi connectivity index (χ3n) is 4.03. The van der Waals surface area contributed by atoms with E-state index in [1.165, 1.54) is 6.26 Å². The number of ether oxygens (including phenoxy) is 1. The average Bonchev–Trinajstić information content (AvgIpc) is 3.16. The fourth-order valence-corrected chi connectivity index (χ4v) is 2.78. The summed E-state index contributed by atoms with van der Waals surface area (Å²) in [6.45, 7) is 1.94. The molecule has 0 atom stereocenters. The highest BCUT2D eigenvalue weighted by Gasteiger charge is 2.20. The maximum atomic E-state index is 12.5. The van der Waals surface area contributed by atoms with Gasteiger partial charge in [-0.15, -0.1) is 0 Å². The Morgan fingerprint density at radius 1 is 1.04 bits per heavy atom. The van der Waals surface area contributed by atoms with Gasteiger partial charge in [0.15, 0.2) is 5.69 Å². The number of anilines is 1. The summed E-state index contributed by atoms with van der Waals surface area (Å²) in [6.07, 6.45) is 1.38. The van der Waals surface area contributed by atoms with Crippen LogP contribution < -0.4 is 5.32 Å². The zero-order valence-corrected chi connectivity index (χ0v) is 14.9. The molecule has 0 saturated carbocycles. The monoisotopic (exact) mass is 364 g/mol. The van der Waals surface area contributed by atoms with E-state index in [9.17, 15) is 9.59 Å². The van der Waals surface area contributed by atoms with Crippen molar-refractivity contribution in [1.29, 1.82) is 0 Å². The first-order valence-corrected chi connectivity index (χ1v) is 8.69. The molecule has 0 radical (unpaired) electrons. The Balaban J connectivity index is 1.73. The fraction of sp³-hybridized carbons (Fsp3) is 0.190. The Hall–Kier alpha value is -3.41. The van der Waals surface area contributed by atoms with Crippen LogP contribution in [0.15, 0.2) is 71.3 Å². The van der Waals surface area contributed by atoms with Crippen LogP contribution >= 0.6 is 0 Å². The maximum Gasteiger partial charge on any atom is 0.360 e. The van der Waals surface area contributed by atoms with Crippen molar-refractivity contribution in [3.05, 3.63) is 83.7 Å². The lowest BCUT2D eigenvalue weighted by Crippen LogP contribution is -2.17. The summed E-state index contributed by atoms with van der Waals surface area (Å²) in [7, 11) is 0. The van der Waals surface area contributed by atoms with Gasteiger partial charge in [-0.05, 0) is 18.1 Å². The van der Waals surface area contributed by atoms with Gasteiger partial charge in [0, 0.05) is 12.3 Å². The minimum absolute atomic E-state index is 0.0230. The molecular weight excluding hydrogens is 344 g/mol. The van der Waals surface area contributed by atoms with E-state index in [-0.39, 0.29) is 36.6 Å². The lowest BCUT2D eigenvalue weighted by atomic mass is 9.88. The first kappa shape index (κ1) is 18.4. The molecular formula is C21H20N2O4. The van der Waals surface area contributed by atoms with Crippen LogP contribution in [-0.2, 0) is 9.53 Å². The summed E-state index contributed by atoms with van der Waals surface area (Å²) in [6, 6.07) is 19.6. The summed E-state index contributed by atoms with van der Waals surface area (Å²) in [5.41, 5.74) is 2.10. The molecule has 0 bridgehead atoms. The molecule has 0 spiro atoms. The van der Waals surface area contributed by atoms with E-state index >= 15 is 0 Å². The zero-order valence-electron chi connectivity index (χ0n) is 14.9. The first-order valence-electron chi connectivity index (χ1n) is 8.69. The lowest BCUT2D eigenvalue weighted by Gasteiger charge is -2.17. The topological polar surface area (TPSA) is 81.4 Å². The van der Waals surface area contributed by atoms with Crippen LogP contribution in [0.4, 0.5) is 6.01 Å². The minimum atomic E-state index is -0.590. The van der Waals surface area contributed by atoms with Crippen LogP contribution in [0.3, 0.4) is 0 Å². The molecule has 6 heteroatoms. The zero-order chi connectivity index (χ0) is 19.1. The van der Waals surface area contributed by atoms with Crippen LogP contribution in [0.1, 0.15) is 40.9 Å². The number of oxazole rings is 1. The van der Waals surface area contributed by atoms with Gasteiger partial charge < -0.3 is 9.15 Å². The second-order valence-electron chi connectivity index (χ2n) is 5.88. The second-order valence-corrected chi connectivity index (χ2v) is 5.88. The molecule has 0 saturated heterocycles. The van der Waals surface area contributed by atoms with E-state index < -0.39 is 5.97 Å². The largest absolute Gasteiger partial charge is 0.461 e. The van der Waals surface area contributed by atoms with Gasteiger partial charge in [-0.3, -0.25) is 10.1 Å². The number of rotatable bonds is 7. The molecule has 27 heavy (non-hydrogen) atoms. The van der Waals surface area contributed by atoms with Crippen molar-refractivity contribution in [3.8, 4) is 0 Å². The van der Waals surface area contributed by atoms with Crippen molar-refractivity contribution in [1.82, 2.24) is 4.98 Å². The highest BCUT2D eigenvalue weighted by molar-refractivity contribution is 5.91. The summed E-state index contributed by atoms with van der Waals surface area (Å²) in [5, 5.41) is 2.60. The van der Waals surface area contributed by atoms with Gasteiger partial charge in [0.05, 0.1) is 6.61 Å². The number of aromatic nitrogens is 1. The van der Waals surface area contributed by atoms with E-state index in [2.05, 4.69) is 10.3 Å². The molecule has 2 aromatic carbocycles. The predicted molar refractivity (Wildman–Crippen MR) is 100 cm³/mol. The van der Waals surface area contributed by atoms with Crippen LogP contribution in [-0.4, -0.2) is 23.5 Å². The highest BCUT2D eigenvalue weighted by Crippen LogP contribution is 2.28. The summed E-state index contributed by atoms with van der Waals surface area (Å²) >= 11 is 0. The van der Waals surface area contributed by atoms with Gasteiger partial charge in [0.2, 0.25) is 5.91 Å². The molecule has 3 aromatic rings. The first-order chi connectivity index (χ1) is 13.2. The molecule has 3 rings (SSSR count). The third-order valence-corrected chi connectivity index (χ3v) is 4.03. The number of carbonyl (C=O) groups excluding carboxylic acids is 2. The van der Waals surface area contributed by atoms with Gasteiger partial charge in [0.1, 0.15) is 6.26 Å². The number of nitrogens with one attached hydrogen (secondary N) is 1. The molecule has 138 valence electrons. The molecule has 6 nitrogen and oxygen atoms in total. The number of carbonyl (C=O) groups is 2. The van der Waals surface area contributed by atoms with Crippen LogP contribution in [0.2, 0.25) is 0 Å². The Kier molecular flexibility index (Phi) is 5.99. The van der Waals surface area contributed by atoms with E-state index in [0.29, 0.717) is 0 Å². The quantitative estimate of drug-likeness (QED) is 0.641. The normalized spacial score (nSPS) is 10.6. The van der Waals surface area contributed by atoms with Crippen LogP contribution in [0, 0.1) is 0 Å². The molecule has 1 N–H and O–H groups in total. The molecule has 0 aliphatic rings. The number of amides is 1. The van der Waals surface area contributed by atoms with E-state index in [1.807, 2.05) is 60.7 Å². The Labute approximate surface area is 157 Å². The Bertz CT molecular complexity index is 851. The molecule has 1 amide bonds. The van der Waals surface area contributed by atoms with Crippen molar-refractivity contribution in [3.63, 3.8) is 0 Å². The number of hydrogen-bond donors (Lipinski definition) is 1. The number of benzene rings is 2. The van der Waals surface area contributed by atoms with Gasteiger partial charge in [-0.2, -0.15) is 4.98 Å². The Morgan fingerprint density at radius 2 is 1.63 bits per heavy atom. The number of hydrogen-bond acceptors (Lipinski definition) is 5. The van der Waals surface area contributed by atoms with Crippen molar-refractivity contribution in [2.24, 2.45) is 0 Å². The smallest absolute Gasteiger partial charge is 0.360 e. The fourth-order valence-electron chi connectivity index (χ4n) is 2.78. The average molecular weight is 364 g/mol. The Morgan fingerprint density at radius 3 is 2.19 bits per heavy atom. The molecule has 0 aliphatic heterocycles. The minimum Gasteiger partial charge on any atom is -0.461 e. The van der Waals surface area contributed by atoms with Gasteiger partial charge >= 0.3 is 12.0 Å². The van der Waals surface area contributed by atoms with Crippen molar-refractivity contribution < 1.29 is 18.7 Å². The van der Waals surface area contributed by atoms with Crippen molar-refractivity contribution in [2.45, 2.75) is 19.3 Å². The van der Waals surface area contributed by atoms with E-state index in [0.717, 1.165) is 11.1 Å². The molecule has 0 unspecified atom stereocenters. The van der Waals surface area contributed by atoms with E-state index in [4.69, 9.17) is 9.15 Å². The van der Waals surface area contributed by atoms with Gasteiger partial charge in [0.25, 0.3) is 0 Å². The van der Waals surface area contributed by atoms with Gasteiger partial charge in [-0.25, -0.2) is 4.79 Å². The van der Waals surface area contributed by atoms with Crippen molar-refractivity contribution >= 4 is 17.9 Å². The summed E-state index contributed by atoms with van der Waals surface area (Å²) in [5.74, 6) is -0.954. The van der Waals surface area contributed by atoms with Gasteiger partial charge in [-0.1, -0.05) is 60.7 Å². The number of nitrogens with zero attached hydrogens (tertiary/aromatic N) is 1. The standard InChI is InChI=1S/C21H20N2O4/c1-2-26-20(25)18-14-27-21(22-18)23-19(24)13-17(15-9-5-3-6-10-15)16-11-7-4-8-12-16/h3-12,14,17H,2,13H2,1H3,(H,22,23,24). The predicted octanol–water partition coefficient (Wildman–Crippen LogP) is 4.01. The highest BCUT2D eigenvalue weighted by atomic mass is 16.5. The summed E-state index contributed by atoms with van der Waals surface area (Å²) in [4.78, 5) is 28.1. The SMILES string of the molecule is CCOC(=O)c1coc(NC(=O)CC(c2ccccc2)c2ccccc2)n1.